The van der Waals surface area contributed by atoms with E-state index in [-0.39, 0.29) is 35.9 Å². The van der Waals surface area contributed by atoms with Crippen LogP contribution in [0.5, 0.6) is 0 Å². The Balaban J connectivity index is 2.62. The SMILES string of the molecule is C=CCN=C1C(=O)C=C2NC(=O)C(C)=CC=C[C@H](OC)[C@H](OC(N)=O)C(C)=C[C@H](C)[C@@H](O)[C@@H](OC)C[C@@H](C)CC1C2=O. The Morgan fingerprint density at radius 2 is 1.88 bits per heavy atom. The lowest BCUT2D eigenvalue weighted by molar-refractivity contribution is -0.123. The summed E-state index contributed by atoms with van der Waals surface area (Å²) in [7, 11) is 2.92. The van der Waals surface area contributed by atoms with Crippen LogP contribution in [0.25, 0.3) is 0 Å². The molecular formula is C31H43N3O8. The van der Waals surface area contributed by atoms with Crippen LogP contribution < -0.4 is 11.1 Å². The van der Waals surface area contributed by atoms with Gasteiger partial charge in [0.2, 0.25) is 5.78 Å². The van der Waals surface area contributed by atoms with Crippen molar-refractivity contribution in [3.8, 4) is 0 Å². The average Bonchev–Trinajstić information content (AvgIpc) is 2.94. The standard InChI is InChI=1S/C31H43N3O8/c1-8-12-33-26-21-13-17(2)14-25(41-7)27(36)19(4)15-20(5)29(42-31(32)39)24(40-6)11-9-10-18(3)30(38)34-22(28(21)37)16-23(26)35/h8-11,15-17,19,21,24-25,27,29,36H,1,12-14H2,2-7H3,(H2,32,39)(H,34,38)/t17-,19-,21?,24-,25-,27+,29+/m0/s1. The van der Waals surface area contributed by atoms with Gasteiger partial charge in [0.15, 0.2) is 11.9 Å². The highest BCUT2D eigenvalue weighted by molar-refractivity contribution is 6.51. The molecule has 2 rings (SSSR count). The summed E-state index contributed by atoms with van der Waals surface area (Å²) < 4.78 is 16.6. The number of nitrogens with two attached hydrogens (primary N) is 1. The number of aliphatic imine (C=N–C) groups is 1. The lowest BCUT2D eigenvalue weighted by Gasteiger charge is -2.30. The molecule has 1 aliphatic carbocycles. The normalized spacial score (nSPS) is 31.1. The van der Waals surface area contributed by atoms with E-state index < -0.39 is 59.8 Å². The molecule has 0 aromatic rings. The van der Waals surface area contributed by atoms with E-state index in [1.54, 1.807) is 39.0 Å². The smallest absolute Gasteiger partial charge is 0.405 e. The molecule has 2 amide bonds. The Kier molecular flexibility index (Phi) is 13.2. The summed E-state index contributed by atoms with van der Waals surface area (Å²) >= 11 is 0. The summed E-state index contributed by atoms with van der Waals surface area (Å²) in [6, 6.07) is 0. The maximum absolute atomic E-state index is 13.6. The van der Waals surface area contributed by atoms with Crippen molar-refractivity contribution in [3.05, 3.63) is 59.9 Å². The summed E-state index contributed by atoms with van der Waals surface area (Å²) in [4.78, 5) is 55.6. The second kappa shape index (κ2) is 16.1. The molecule has 0 spiro atoms. The van der Waals surface area contributed by atoms with Gasteiger partial charge in [0.05, 0.1) is 36.1 Å². The number of hydrogen-bond acceptors (Lipinski definition) is 9. The zero-order valence-electron chi connectivity index (χ0n) is 25.2. The summed E-state index contributed by atoms with van der Waals surface area (Å²) in [5, 5.41) is 13.8. The number of allylic oxidation sites excluding steroid dienone is 4. The summed E-state index contributed by atoms with van der Waals surface area (Å²) in [6.45, 7) is 10.8. The first-order valence-corrected chi connectivity index (χ1v) is 13.8. The largest absolute Gasteiger partial charge is 0.439 e. The van der Waals surface area contributed by atoms with Gasteiger partial charge in [-0.15, -0.1) is 6.58 Å². The third kappa shape index (κ3) is 9.17. The van der Waals surface area contributed by atoms with Crippen molar-refractivity contribution >= 4 is 29.3 Å². The number of rotatable bonds is 5. The minimum atomic E-state index is -1.00. The van der Waals surface area contributed by atoms with E-state index in [9.17, 15) is 24.3 Å². The van der Waals surface area contributed by atoms with E-state index in [1.807, 2.05) is 6.92 Å². The van der Waals surface area contributed by atoms with Gasteiger partial charge in [-0.1, -0.05) is 44.2 Å². The number of amides is 2. The Labute approximate surface area is 247 Å². The molecule has 0 fully saturated rings. The number of aliphatic hydroxyl groups is 1. The molecule has 11 nitrogen and oxygen atoms in total. The van der Waals surface area contributed by atoms with Crippen LogP contribution in [0.4, 0.5) is 4.79 Å². The zero-order chi connectivity index (χ0) is 31.6. The fourth-order valence-electron chi connectivity index (χ4n) is 5.10. The highest BCUT2D eigenvalue weighted by atomic mass is 16.6. The van der Waals surface area contributed by atoms with Crippen molar-refractivity contribution in [2.45, 2.75) is 65.0 Å². The molecule has 0 aromatic heterocycles. The number of methoxy groups -OCH3 is 2. The van der Waals surface area contributed by atoms with Gasteiger partial charge < -0.3 is 30.4 Å². The fourth-order valence-corrected chi connectivity index (χ4v) is 5.10. The Bertz CT molecular complexity index is 1200. The highest BCUT2D eigenvalue weighted by Crippen LogP contribution is 2.28. The molecule has 1 heterocycles. The van der Waals surface area contributed by atoms with Gasteiger partial charge in [-0.25, -0.2) is 4.79 Å². The van der Waals surface area contributed by atoms with E-state index in [1.165, 1.54) is 26.4 Å². The zero-order valence-corrected chi connectivity index (χ0v) is 25.2. The molecule has 230 valence electrons. The number of nitrogens with zero attached hydrogens (tertiary/aromatic N) is 1. The minimum Gasteiger partial charge on any atom is -0.439 e. The highest BCUT2D eigenvalue weighted by Gasteiger charge is 2.38. The van der Waals surface area contributed by atoms with Crippen LogP contribution in [0.1, 0.15) is 40.5 Å². The minimum absolute atomic E-state index is 0.110. The van der Waals surface area contributed by atoms with E-state index >= 15 is 0 Å². The third-order valence-electron chi connectivity index (χ3n) is 7.37. The quantitative estimate of drug-likeness (QED) is 0.414. The number of Topliss-reactive ketones (excluding diaryl/α,β-unsaturated/α-hetero) is 1. The van der Waals surface area contributed by atoms with Crippen molar-refractivity contribution in [2.75, 3.05) is 20.8 Å². The van der Waals surface area contributed by atoms with Crippen LogP contribution in [0.2, 0.25) is 0 Å². The number of ketones is 2. The van der Waals surface area contributed by atoms with Gasteiger partial charge in [-0.05, 0) is 38.2 Å². The molecule has 0 saturated carbocycles. The lowest BCUT2D eigenvalue weighted by Crippen LogP contribution is -2.42. The molecule has 0 radical (unpaired) electrons. The average molecular weight is 586 g/mol. The topological polar surface area (TPSA) is 167 Å². The predicted molar refractivity (Wildman–Crippen MR) is 159 cm³/mol. The third-order valence-corrected chi connectivity index (χ3v) is 7.37. The monoisotopic (exact) mass is 585 g/mol. The molecule has 0 aromatic carbocycles. The summed E-state index contributed by atoms with van der Waals surface area (Å²) in [5.74, 6) is -2.98. The Hall–Kier alpha value is -3.67. The number of ether oxygens (including phenoxy) is 3. The molecule has 42 heavy (non-hydrogen) atoms. The lowest BCUT2D eigenvalue weighted by atomic mass is 9.79. The van der Waals surface area contributed by atoms with Crippen LogP contribution >= 0.6 is 0 Å². The van der Waals surface area contributed by atoms with Gasteiger partial charge in [0, 0.05) is 31.8 Å². The van der Waals surface area contributed by atoms with Crippen molar-refractivity contribution in [3.63, 3.8) is 0 Å². The molecule has 1 unspecified atom stereocenters. The van der Waals surface area contributed by atoms with E-state index in [0.29, 0.717) is 12.0 Å². The molecule has 2 bridgehead atoms. The van der Waals surface area contributed by atoms with Crippen LogP contribution in [0.15, 0.2) is 64.9 Å². The Morgan fingerprint density at radius 3 is 2.48 bits per heavy atom. The number of hydrogen-bond donors (Lipinski definition) is 3. The van der Waals surface area contributed by atoms with Crippen molar-refractivity contribution in [2.24, 2.45) is 28.5 Å². The fraction of sp³-hybridized carbons (Fsp3) is 0.516. The number of aliphatic hydroxyl groups excluding tert-OH is 1. The van der Waals surface area contributed by atoms with Gasteiger partial charge in [0.1, 0.15) is 6.10 Å². The number of nitrogens with one attached hydrogen (secondary N) is 1. The van der Waals surface area contributed by atoms with Crippen molar-refractivity contribution in [1.29, 1.82) is 0 Å². The first-order chi connectivity index (χ1) is 19.8. The Morgan fingerprint density at radius 1 is 1.19 bits per heavy atom. The molecule has 4 N–H and O–H groups in total. The molecular weight excluding hydrogens is 542 g/mol. The number of carbonyl (C=O) groups is 4. The van der Waals surface area contributed by atoms with Crippen molar-refractivity contribution < 1.29 is 38.5 Å². The van der Waals surface area contributed by atoms with Gasteiger partial charge in [-0.2, -0.15) is 0 Å². The molecule has 11 heteroatoms. The van der Waals surface area contributed by atoms with E-state index in [2.05, 4.69) is 16.9 Å². The van der Waals surface area contributed by atoms with Gasteiger partial charge >= 0.3 is 6.09 Å². The van der Waals surface area contributed by atoms with Crippen LogP contribution in [-0.2, 0) is 28.6 Å². The predicted octanol–water partition coefficient (Wildman–Crippen LogP) is 2.75. The first kappa shape index (κ1) is 34.5. The first-order valence-electron chi connectivity index (χ1n) is 13.8. The maximum Gasteiger partial charge on any atom is 0.405 e. The summed E-state index contributed by atoms with van der Waals surface area (Å²) in [6.07, 6.45) is 5.35. The van der Waals surface area contributed by atoms with Gasteiger partial charge in [0.25, 0.3) is 5.91 Å². The van der Waals surface area contributed by atoms with Crippen molar-refractivity contribution in [1.82, 2.24) is 5.32 Å². The second-order valence-corrected chi connectivity index (χ2v) is 10.7. The second-order valence-electron chi connectivity index (χ2n) is 10.7. The number of carbonyl (C=O) groups excluding carboxylic acids is 4. The molecule has 0 saturated heterocycles. The van der Waals surface area contributed by atoms with Crippen LogP contribution in [0.3, 0.4) is 0 Å². The van der Waals surface area contributed by atoms with E-state index in [4.69, 9.17) is 19.9 Å². The van der Waals surface area contributed by atoms with Crippen LogP contribution in [-0.4, -0.2) is 79.6 Å². The number of fused-ring (bicyclic) bond motifs is 2. The van der Waals surface area contributed by atoms with Crippen LogP contribution in [0, 0.1) is 17.8 Å². The van der Waals surface area contributed by atoms with E-state index in [0.717, 1.165) is 6.08 Å². The maximum atomic E-state index is 13.6. The molecule has 2 aliphatic rings. The summed E-state index contributed by atoms with van der Waals surface area (Å²) in [5.41, 5.74) is 6.17. The molecule has 7 atom stereocenters. The number of primary amides is 1. The molecule has 1 aliphatic heterocycles. The van der Waals surface area contributed by atoms with Gasteiger partial charge in [-0.3, -0.25) is 19.4 Å².